The van der Waals surface area contributed by atoms with Crippen molar-refractivity contribution in [2.45, 2.75) is 6.42 Å². The second-order valence-corrected chi connectivity index (χ2v) is 8.29. The second kappa shape index (κ2) is 8.35. The van der Waals surface area contributed by atoms with Crippen molar-refractivity contribution in [3.63, 3.8) is 0 Å². The zero-order chi connectivity index (χ0) is 23.1. The molecule has 2 aliphatic rings. The van der Waals surface area contributed by atoms with Crippen LogP contribution in [0.25, 0.3) is 11.3 Å². The fourth-order valence-electron chi connectivity index (χ4n) is 4.91. The van der Waals surface area contributed by atoms with E-state index in [4.69, 9.17) is 14.2 Å². The number of nitrogens with zero attached hydrogens (tertiary/aromatic N) is 4. The van der Waals surface area contributed by atoms with Crippen LogP contribution in [-0.2, 0) is 13.5 Å². The summed E-state index contributed by atoms with van der Waals surface area (Å²) in [7, 11) is 6.83. The number of carbonyl (C=O) groups excluding carboxylic acids is 1. The number of hydrogen-bond acceptors (Lipinski definition) is 6. The molecule has 1 aromatic heterocycles. The van der Waals surface area contributed by atoms with Crippen LogP contribution in [0.5, 0.6) is 17.2 Å². The number of anilines is 1. The van der Waals surface area contributed by atoms with Gasteiger partial charge in [0.25, 0.3) is 5.91 Å². The molecule has 1 fully saturated rings. The lowest BCUT2D eigenvalue weighted by atomic mass is 10.1. The van der Waals surface area contributed by atoms with Gasteiger partial charge in [-0.2, -0.15) is 5.10 Å². The molecule has 0 bridgehead atoms. The molecule has 8 heteroatoms. The Labute approximate surface area is 193 Å². The normalized spacial score (nSPS) is 14.7. The van der Waals surface area contributed by atoms with E-state index in [0.29, 0.717) is 36.7 Å². The minimum atomic E-state index is -0.0155. The summed E-state index contributed by atoms with van der Waals surface area (Å²) in [5.41, 5.74) is 5.70. The minimum Gasteiger partial charge on any atom is -0.495 e. The molecule has 0 radical (unpaired) electrons. The fraction of sp³-hybridized carbons (Fsp3) is 0.360. The molecule has 1 amide bonds. The molecule has 0 atom stereocenters. The average Bonchev–Trinajstić information content (AvgIpc) is 3.39. The van der Waals surface area contributed by atoms with Gasteiger partial charge < -0.3 is 24.0 Å². The van der Waals surface area contributed by atoms with E-state index < -0.39 is 0 Å². The maximum Gasteiger partial charge on any atom is 0.274 e. The van der Waals surface area contributed by atoms with Crippen molar-refractivity contribution in [3.05, 3.63) is 53.2 Å². The predicted molar refractivity (Wildman–Crippen MR) is 126 cm³/mol. The number of piperazine rings is 1. The third-order valence-electron chi connectivity index (χ3n) is 6.57. The Morgan fingerprint density at radius 1 is 0.909 bits per heavy atom. The number of hydrogen-bond donors (Lipinski definition) is 0. The van der Waals surface area contributed by atoms with Crippen LogP contribution in [-0.4, -0.2) is 68.1 Å². The molecule has 33 heavy (non-hydrogen) atoms. The molecule has 1 aliphatic heterocycles. The molecular weight excluding hydrogens is 420 g/mol. The largest absolute Gasteiger partial charge is 0.495 e. The van der Waals surface area contributed by atoms with Gasteiger partial charge in [0, 0.05) is 50.8 Å². The molecule has 2 heterocycles. The number of amides is 1. The first-order valence-corrected chi connectivity index (χ1v) is 11.0. The second-order valence-electron chi connectivity index (χ2n) is 8.29. The molecule has 2 aromatic carbocycles. The summed E-state index contributed by atoms with van der Waals surface area (Å²) >= 11 is 0. The van der Waals surface area contributed by atoms with Crippen LogP contribution in [0.15, 0.2) is 36.4 Å². The van der Waals surface area contributed by atoms with Gasteiger partial charge in [0.15, 0.2) is 17.2 Å². The summed E-state index contributed by atoms with van der Waals surface area (Å²) in [5, 5.41) is 4.63. The highest BCUT2D eigenvalue weighted by atomic mass is 16.5. The molecule has 0 unspecified atom stereocenters. The maximum atomic E-state index is 13.5. The SMILES string of the molecule is COc1cc2c(cc1OC)-c1c(c(C(=O)N3CCN(c4ccccc4OC)CC3)nn1C)C2. The summed E-state index contributed by atoms with van der Waals surface area (Å²) < 4.78 is 18.3. The fourth-order valence-corrected chi connectivity index (χ4v) is 4.91. The molecule has 0 saturated carbocycles. The van der Waals surface area contributed by atoms with Crippen LogP contribution in [0.4, 0.5) is 5.69 Å². The average molecular weight is 449 g/mol. The van der Waals surface area contributed by atoms with Crippen LogP contribution in [0, 0.1) is 0 Å². The van der Waals surface area contributed by atoms with Crippen LogP contribution < -0.4 is 19.1 Å². The van der Waals surface area contributed by atoms with Gasteiger partial charge in [-0.05, 0) is 29.8 Å². The van der Waals surface area contributed by atoms with Crippen LogP contribution in [0.2, 0.25) is 0 Å². The molecule has 172 valence electrons. The number of aryl methyl sites for hydroxylation is 1. The topological polar surface area (TPSA) is 69.1 Å². The Balaban J connectivity index is 1.37. The van der Waals surface area contributed by atoms with E-state index in [1.807, 2.05) is 47.0 Å². The van der Waals surface area contributed by atoms with E-state index >= 15 is 0 Å². The summed E-state index contributed by atoms with van der Waals surface area (Å²) in [6.07, 6.45) is 0.654. The number of para-hydroxylation sites is 2. The van der Waals surface area contributed by atoms with Crippen molar-refractivity contribution in [1.82, 2.24) is 14.7 Å². The summed E-state index contributed by atoms with van der Waals surface area (Å²) in [5.74, 6) is 2.20. The van der Waals surface area contributed by atoms with E-state index in [1.54, 1.807) is 21.3 Å². The van der Waals surface area contributed by atoms with Crippen molar-refractivity contribution in [1.29, 1.82) is 0 Å². The number of methoxy groups -OCH3 is 3. The highest BCUT2D eigenvalue weighted by Gasteiger charge is 2.33. The first-order valence-electron chi connectivity index (χ1n) is 11.0. The quantitative estimate of drug-likeness (QED) is 0.468. The van der Waals surface area contributed by atoms with E-state index in [0.717, 1.165) is 46.9 Å². The van der Waals surface area contributed by atoms with Crippen LogP contribution >= 0.6 is 0 Å². The lowest BCUT2D eigenvalue weighted by molar-refractivity contribution is 0.0739. The summed E-state index contributed by atoms with van der Waals surface area (Å²) in [4.78, 5) is 17.7. The number of fused-ring (bicyclic) bond motifs is 3. The lowest BCUT2D eigenvalue weighted by Gasteiger charge is -2.36. The Kier molecular flexibility index (Phi) is 5.36. The number of carbonyl (C=O) groups is 1. The molecule has 8 nitrogen and oxygen atoms in total. The third kappa shape index (κ3) is 3.46. The van der Waals surface area contributed by atoms with Crippen molar-refractivity contribution >= 4 is 11.6 Å². The minimum absolute atomic E-state index is 0.0155. The summed E-state index contributed by atoms with van der Waals surface area (Å²) in [6.45, 7) is 2.76. The van der Waals surface area contributed by atoms with Crippen molar-refractivity contribution in [2.24, 2.45) is 7.05 Å². The highest BCUT2D eigenvalue weighted by molar-refractivity contribution is 5.97. The van der Waals surface area contributed by atoms with Gasteiger partial charge in [0.2, 0.25) is 0 Å². The lowest BCUT2D eigenvalue weighted by Crippen LogP contribution is -2.49. The Morgan fingerprint density at radius 2 is 1.58 bits per heavy atom. The van der Waals surface area contributed by atoms with Gasteiger partial charge in [0.1, 0.15) is 5.75 Å². The number of benzene rings is 2. The zero-order valence-electron chi connectivity index (χ0n) is 19.4. The molecule has 3 aromatic rings. The van der Waals surface area contributed by atoms with E-state index in [9.17, 15) is 4.79 Å². The molecule has 0 N–H and O–H groups in total. The Bertz CT molecular complexity index is 1210. The van der Waals surface area contributed by atoms with Gasteiger partial charge in [-0.3, -0.25) is 9.48 Å². The Hall–Kier alpha value is -3.68. The van der Waals surface area contributed by atoms with Gasteiger partial charge in [-0.1, -0.05) is 12.1 Å². The van der Waals surface area contributed by atoms with E-state index in [1.165, 1.54) is 0 Å². The van der Waals surface area contributed by atoms with Gasteiger partial charge in [-0.15, -0.1) is 0 Å². The van der Waals surface area contributed by atoms with Crippen molar-refractivity contribution in [2.75, 3.05) is 52.4 Å². The molecule has 1 aliphatic carbocycles. The van der Waals surface area contributed by atoms with Gasteiger partial charge in [0.05, 0.1) is 32.7 Å². The zero-order valence-corrected chi connectivity index (χ0v) is 19.4. The van der Waals surface area contributed by atoms with Gasteiger partial charge >= 0.3 is 0 Å². The molecule has 1 saturated heterocycles. The first-order chi connectivity index (χ1) is 16.0. The van der Waals surface area contributed by atoms with Crippen LogP contribution in [0.3, 0.4) is 0 Å². The Morgan fingerprint density at radius 3 is 2.27 bits per heavy atom. The maximum absolute atomic E-state index is 13.5. The summed E-state index contributed by atoms with van der Waals surface area (Å²) in [6, 6.07) is 12.0. The highest BCUT2D eigenvalue weighted by Crippen LogP contribution is 2.44. The third-order valence-corrected chi connectivity index (χ3v) is 6.57. The van der Waals surface area contributed by atoms with E-state index in [-0.39, 0.29) is 5.91 Å². The molecule has 5 rings (SSSR count). The predicted octanol–water partition coefficient (Wildman–Crippen LogP) is 2.98. The van der Waals surface area contributed by atoms with Crippen molar-refractivity contribution in [3.8, 4) is 28.5 Å². The van der Waals surface area contributed by atoms with E-state index in [2.05, 4.69) is 16.1 Å². The smallest absolute Gasteiger partial charge is 0.274 e. The number of rotatable bonds is 5. The van der Waals surface area contributed by atoms with Crippen molar-refractivity contribution < 1.29 is 19.0 Å². The monoisotopic (exact) mass is 448 g/mol. The standard InChI is InChI=1S/C25H28N4O4/c1-27-24-17-15-22(33-4)21(32-3)14-16(17)13-18(24)23(26-27)25(30)29-11-9-28(10-12-29)19-7-5-6-8-20(19)31-2/h5-8,14-15H,9-13H2,1-4H3. The number of aromatic nitrogens is 2. The van der Waals surface area contributed by atoms with Crippen LogP contribution in [0.1, 0.15) is 21.6 Å². The first kappa shape index (κ1) is 21.2. The number of ether oxygens (including phenoxy) is 3. The van der Waals surface area contributed by atoms with Gasteiger partial charge in [-0.25, -0.2) is 0 Å². The molecular formula is C25H28N4O4. The molecule has 0 spiro atoms.